The number of anilines is 3. The Morgan fingerprint density at radius 2 is 1.76 bits per heavy atom. The normalized spacial score (nSPS) is 15.1. The second-order valence-electron chi connectivity index (χ2n) is 3.54. The molecule has 1 aromatic carbocycles. The summed E-state index contributed by atoms with van der Waals surface area (Å²) in [5.41, 5.74) is 17.8. The van der Waals surface area contributed by atoms with Gasteiger partial charge in [-0.15, -0.1) is 0 Å². The van der Waals surface area contributed by atoms with Crippen LogP contribution in [0.1, 0.15) is 15.9 Å². The summed E-state index contributed by atoms with van der Waals surface area (Å²) in [5.74, 6) is -1.09. The van der Waals surface area contributed by atoms with Gasteiger partial charge in [-0.05, 0) is 6.07 Å². The van der Waals surface area contributed by atoms with Crippen LogP contribution in [0, 0.1) is 0 Å². The molecule has 0 saturated carbocycles. The van der Waals surface area contributed by atoms with Crippen LogP contribution in [-0.4, -0.2) is 15.8 Å². The van der Waals surface area contributed by atoms with Crippen molar-refractivity contribution in [3.63, 3.8) is 0 Å². The minimum atomic E-state index is -0.614. The van der Waals surface area contributed by atoms with E-state index in [2.05, 4.69) is 0 Å². The molecule has 1 aliphatic rings. The number of halogens is 1. The minimum absolute atomic E-state index is 0.0268. The van der Waals surface area contributed by atoms with Gasteiger partial charge in [0.2, 0.25) is 5.78 Å². The summed E-state index contributed by atoms with van der Waals surface area (Å²) in [6.45, 7) is 0. The molecule has 2 rings (SSSR count). The lowest BCUT2D eigenvalue weighted by atomic mass is 9.90. The molecule has 0 radical (unpaired) electrons. The molecule has 7 N–H and O–H groups in total. The Bertz CT molecular complexity index is 610. The van der Waals surface area contributed by atoms with Crippen molar-refractivity contribution in [2.75, 3.05) is 17.2 Å². The lowest BCUT2D eigenvalue weighted by Crippen LogP contribution is -2.23. The largest absolute Gasteiger partial charge is 0.505 e. The van der Waals surface area contributed by atoms with Gasteiger partial charge in [0.15, 0.2) is 5.76 Å². The van der Waals surface area contributed by atoms with Gasteiger partial charge in [-0.25, -0.2) is 0 Å². The van der Waals surface area contributed by atoms with Crippen molar-refractivity contribution < 1.29 is 9.90 Å². The van der Waals surface area contributed by atoms with Crippen molar-refractivity contribution in [1.29, 1.82) is 0 Å². The first kappa shape index (κ1) is 11.7. The van der Waals surface area contributed by atoms with E-state index in [1.165, 1.54) is 6.07 Å². The highest BCUT2D eigenvalue weighted by molar-refractivity contribution is 7.81. The van der Waals surface area contributed by atoms with Crippen LogP contribution in [0.4, 0.5) is 17.1 Å². The number of Topliss-reactive ketones (excluding diaryl/α,β-unsaturated/α-hetero) is 1. The van der Waals surface area contributed by atoms with Crippen molar-refractivity contribution in [3.05, 3.63) is 28.0 Å². The number of fused-ring (bicyclic) bond motifs is 1. The summed E-state index contributed by atoms with van der Waals surface area (Å²) in [7, 11) is 0. The van der Waals surface area contributed by atoms with Crippen molar-refractivity contribution in [3.8, 4) is 0 Å². The van der Waals surface area contributed by atoms with Crippen molar-refractivity contribution >= 4 is 51.5 Å². The van der Waals surface area contributed by atoms with Crippen molar-refractivity contribution in [1.82, 2.24) is 0 Å². The van der Waals surface area contributed by atoms with Crippen LogP contribution >= 0.6 is 23.8 Å². The molecule has 0 aliphatic heterocycles. The monoisotopic (exact) mass is 269 g/mol. The average Bonchev–Trinajstić information content (AvgIpc) is 2.28. The molecule has 1 aliphatic carbocycles. The molecular weight excluding hydrogens is 262 g/mol. The number of thiocarbonyl (C=S) groups is 1. The first-order valence-corrected chi connectivity index (χ1v) is 5.30. The van der Waals surface area contributed by atoms with Gasteiger partial charge in [-0.1, -0.05) is 23.8 Å². The summed E-state index contributed by atoms with van der Waals surface area (Å²) in [4.78, 5) is 11.8. The smallest absolute Gasteiger partial charge is 0.211 e. The second kappa shape index (κ2) is 3.61. The van der Waals surface area contributed by atoms with E-state index in [1.807, 2.05) is 0 Å². The third-order valence-corrected chi connectivity index (χ3v) is 3.25. The van der Waals surface area contributed by atoms with Crippen LogP contribution in [0.5, 0.6) is 0 Å². The number of aliphatic hydroxyl groups excluding tert-OH is 1. The third kappa shape index (κ3) is 1.45. The molecule has 0 amide bonds. The van der Waals surface area contributed by atoms with E-state index in [4.69, 9.17) is 41.0 Å². The summed E-state index contributed by atoms with van der Waals surface area (Å²) < 4.78 is 0. The molecule has 0 heterocycles. The maximum atomic E-state index is 11.9. The summed E-state index contributed by atoms with van der Waals surface area (Å²) in [6.07, 6.45) is 0. The maximum absolute atomic E-state index is 11.9. The minimum Gasteiger partial charge on any atom is -0.505 e. The third-order valence-electron chi connectivity index (χ3n) is 2.51. The van der Waals surface area contributed by atoms with E-state index in [0.717, 1.165) is 0 Å². The van der Waals surface area contributed by atoms with Crippen LogP contribution in [0.15, 0.2) is 16.9 Å². The number of hydrogen-bond acceptors (Lipinski definition) is 6. The fourth-order valence-electron chi connectivity index (χ4n) is 1.66. The van der Waals surface area contributed by atoms with E-state index in [9.17, 15) is 9.90 Å². The molecule has 0 spiro atoms. The molecule has 0 fully saturated rings. The molecule has 88 valence electrons. The van der Waals surface area contributed by atoms with Gasteiger partial charge < -0.3 is 22.3 Å². The highest BCUT2D eigenvalue weighted by Crippen LogP contribution is 2.37. The van der Waals surface area contributed by atoms with Gasteiger partial charge in [0.1, 0.15) is 5.03 Å². The second-order valence-corrected chi connectivity index (χ2v) is 4.33. The molecule has 0 aromatic heterocycles. The first-order valence-electron chi connectivity index (χ1n) is 4.51. The lowest BCUT2D eigenvalue weighted by Gasteiger charge is -2.20. The van der Waals surface area contributed by atoms with Gasteiger partial charge >= 0.3 is 0 Å². The quantitative estimate of drug-likeness (QED) is 0.417. The molecule has 5 nitrogen and oxygen atoms in total. The Hall–Kier alpha value is -1.79. The number of hydrogen-bond donors (Lipinski definition) is 4. The predicted molar refractivity (Wildman–Crippen MR) is 71.2 cm³/mol. The van der Waals surface area contributed by atoms with Crippen molar-refractivity contribution in [2.24, 2.45) is 0 Å². The zero-order valence-corrected chi connectivity index (χ0v) is 10.0. The number of nitrogen functional groups attached to an aromatic ring is 3. The van der Waals surface area contributed by atoms with Crippen LogP contribution in [-0.2, 0) is 0 Å². The Morgan fingerprint density at radius 3 is 2.35 bits per heavy atom. The fourth-order valence-corrected chi connectivity index (χ4v) is 2.22. The zero-order chi connectivity index (χ0) is 12.9. The maximum Gasteiger partial charge on any atom is 0.211 e. The standard InChI is InChI=1S/C10H8ClN3O2S/c11-6-8(15)4-2(12)1-3(13)7(14)5(4)10(17)9(6)16/h1,16H,12-14H2. The topological polar surface area (TPSA) is 115 Å². The zero-order valence-electron chi connectivity index (χ0n) is 8.45. The first-order chi connectivity index (χ1) is 7.86. The number of allylic oxidation sites excluding steroid dienone is 2. The average molecular weight is 270 g/mol. The van der Waals surface area contributed by atoms with Crippen LogP contribution in [0.2, 0.25) is 0 Å². The number of ketones is 1. The summed E-state index contributed by atoms with van der Waals surface area (Å²) in [5, 5.41) is 9.26. The van der Waals surface area contributed by atoms with Crippen LogP contribution < -0.4 is 17.2 Å². The number of rotatable bonds is 0. The highest BCUT2D eigenvalue weighted by atomic mass is 35.5. The lowest BCUT2D eigenvalue weighted by molar-refractivity contribution is 0.103. The van der Waals surface area contributed by atoms with E-state index in [-0.39, 0.29) is 38.1 Å². The Labute approximate surface area is 107 Å². The van der Waals surface area contributed by atoms with Gasteiger partial charge in [0.25, 0.3) is 0 Å². The van der Waals surface area contributed by atoms with Gasteiger partial charge in [-0.2, -0.15) is 0 Å². The summed E-state index contributed by atoms with van der Waals surface area (Å²) >= 11 is 10.7. The molecule has 1 aromatic rings. The highest BCUT2D eigenvalue weighted by Gasteiger charge is 2.33. The van der Waals surface area contributed by atoms with E-state index in [1.54, 1.807) is 0 Å². The SMILES string of the molecule is Nc1cc(N)c2c(c1N)C(=S)C(O)=C(Cl)C2=O. The number of carbonyl (C=O) groups is 1. The van der Waals surface area contributed by atoms with Crippen LogP contribution in [0.25, 0.3) is 0 Å². The number of aliphatic hydroxyl groups is 1. The molecular formula is C10H8ClN3O2S. The number of benzene rings is 1. The molecule has 0 bridgehead atoms. The fraction of sp³-hybridized carbons (Fsp3) is 0. The number of nitrogens with two attached hydrogens (primary N) is 3. The molecule has 17 heavy (non-hydrogen) atoms. The number of carbonyl (C=O) groups excluding carboxylic acids is 1. The van der Waals surface area contributed by atoms with E-state index in [0.29, 0.717) is 0 Å². The Morgan fingerprint density at radius 1 is 1.18 bits per heavy atom. The van der Waals surface area contributed by atoms with E-state index < -0.39 is 11.5 Å². The van der Waals surface area contributed by atoms with Crippen molar-refractivity contribution in [2.45, 2.75) is 0 Å². The van der Waals surface area contributed by atoms with Crippen LogP contribution in [0.3, 0.4) is 0 Å². The predicted octanol–water partition coefficient (Wildman–Crippen LogP) is 1.36. The molecule has 0 unspecified atom stereocenters. The summed E-state index contributed by atoms with van der Waals surface area (Å²) in [6, 6.07) is 1.36. The van der Waals surface area contributed by atoms with E-state index >= 15 is 0 Å². The Kier molecular flexibility index (Phi) is 2.48. The Balaban J connectivity index is 2.90. The van der Waals surface area contributed by atoms with Gasteiger partial charge in [-0.3, -0.25) is 4.79 Å². The molecule has 7 heteroatoms. The van der Waals surface area contributed by atoms with Gasteiger partial charge in [0, 0.05) is 11.3 Å². The molecule has 0 saturated heterocycles. The molecule has 0 atom stereocenters. The van der Waals surface area contributed by atoms with Gasteiger partial charge in [0.05, 0.1) is 21.8 Å².